The zero-order valence-corrected chi connectivity index (χ0v) is 17.3. The van der Waals surface area contributed by atoms with E-state index in [0.29, 0.717) is 17.7 Å². The van der Waals surface area contributed by atoms with Crippen LogP contribution < -0.4 is 10.6 Å². The summed E-state index contributed by atoms with van der Waals surface area (Å²) in [6.45, 7) is 2.95. The van der Waals surface area contributed by atoms with Crippen molar-refractivity contribution in [1.82, 2.24) is 14.9 Å². The van der Waals surface area contributed by atoms with Crippen molar-refractivity contribution in [3.63, 3.8) is 0 Å². The molecular weight excluding hydrogens is 390 g/mol. The number of aromatic amines is 1. The molecule has 2 aliphatic rings. The predicted molar refractivity (Wildman–Crippen MR) is 123 cm³/mol. The number of nitrogens with one attached hydrogen (secondary N) is 3. The SMILES string of the molecule is O=C(CCN1CCCCC1)Nc1ccc2c(c1)C(=Cc1c[nH]c3ncccc13)C(=O)N2. The highest BCUT2D eigenvalue weighted by molar-refractivity contribution is 6.35. The third-order valence-corrected chi connectivity index (χ3v) is 5.97. The molecule has 2 amide bonds. The van der Waals surface area contributed by atoms with Gasteiger partial charge in [-0.1, -0.05) is 6.42 Å². The van der Waals surface area contributed by atoms with Gasteiger partial charge >= 0.3 is 0 Å². The number of H-pyrrole nitrogens is 1. The van der Waals surface area contributed by atoms with Crippen molar-refractivity contribution < 1.29 is 9.59 Å². The Balaban J connectivity index is 1.34. The summed E-state index contributed by atoms with van der Waals surface area (Å²) in [6, 6.07) is 9.38. The van der Waals surface area contributed by atoms with Crippen molar-refractivity contribution in [2.45, 2.75) is 25.7 Å². The second kappa shape index (κ2) is 8.35. The van der Waals surface area contributed by atoms with Gasteiger partial charge in [-0.2, -0.15) is 0 Å². The fourth-order valence-electron chi connectivity index (χ4n) is 4.33. The summed E-state index contributed by atoms with van der Waals surface area (Å²) in [5.41, 5.74) is 4.49. The monoisotopic (exact) mass is 415 g/mol. The summed E-state index contributed by atoms with van der Waals surface area (Å²) in [6.07, 6.45) is 9.64. The first-order chi connectivity index (χ1) is 15.2. The predicted octanol–water partition coefficient (Wildman–Crippen LogP) is 3.87. The summed E-state index contributed by atoms with van der Waals surface area (Å²) in [4.78, 5) is 34.8. The molecule has 2 aromatic heterocycles. The maximum absolute atomic E-state index is 12.6. The van der Waals surface area contributed by atoms with Gasteiger partial charge in [-0.25, -0.2) is 4.98 Å². The van der Waals surface area contributed by atoms with E-state index in [1.807, 2.05) is 42.6 Å². The maximum Gasteiger partial charge on any atom is 0.256 e. The van der Waals surface area contributed by atoms with Crippen LogP contribution in [-0.4, -0.2) is 46.3 Å². The van der Waals surface area contributed by atoms with Crippen LogP contribution >= 0.6 is 0 Å². The standard InChI is InChI=1S/C24H25N5O2/c30-22(8-12-29-10-2-1-3-11-29)27-17-6-7-21-19(14-17)20(24(31)28-21)13-16-15-26-23-18(16)5-4-9-25-23/h4-7,9,13-15H,1-3,8,10-12H2,(H,25,26)(H,27,30)(H,28,31). The molecule has 0 radical (unpaired) electrons. The molecule has 5 rings (SSSR count). The van der Waals surface area contributed by atoms with Crippen molar-refractivity contribution in [1.29, 1.82) is 0 Å². The molecule has 0 atom stereocenters. The Morgan fingerprint density at radius 1 is 1.19 bits per heavy atom. The fourth-order valence-corrected chi connectivity index (χ4v) is 4.33. The molecule has 0 saturated carbocycles. The number of benzene rings is 1. The minimum Gasteiger partial charge on any atom is -0.346 e. The molecule has 0 unspecified atom stereocenters. The smallest absolute Gasteiger partial charge is 0.256 e. The largest absolute Gasteiger partial charge is 0.346 e. The summed E-state index contributed by atoms with van der Waals surface area (Å²) in [7, 11) is 0. The van der Waals surface area contributed by atoms with Gasteiger partial charge in [-0.3, -0.25) is 9.59 Å². The highest BCUT2D eigenvalue weighted by atomic mass is 16.2. The van der Waals surface area contributed by atoms with Crippen molar-refractivity contribution >= 4 is 45.9 Å². The summed E-state index contributed by atoms with van der Waals surface area (Å²) >= 11 is 0. The van der Waals surface area contributed by atoms with Crippen LogP contribution in [0.2, 0.25) is 0 Å². The third-order valence-electron chi connectivity index (χ3n) is 5.97. The normalized spacial score (nSPS) is 17.7. The number of carbonyl (C=O) groups is 2. The Morgan fingerprint density at radius 3 is 2.94 bits per heavy atom. The highest BCUT2D eigenvalue weighted by Gasteiger charge is 2.25. The Labute approximate surface area is 180 Å². The van der Waals surface area contributed by atoms with E-state index >= 15 is 0 Å². The lowest BCUT2D eigenvalue weighted by molar-refractivity contribution is -0.116. The molecule has 1 saturated heterocycles. The molecule has 0 bridgehead atoms. The first-order valence-electron chi connectivity index (χ1n) is 10.8. The number of amides is 2. The lowest BCUT2D eigenvalue weighted by Gasteiger charge is -2.25. The Kier molecular flexibility index (Phi) is 5.26. The maximum atomic E-state index is 12.6. The fraction of sp³-hybridized carbons (Fsp3) is 0.292. The second-order valence-electron chi connectivity index (χ2n) is 8.12. The lowest BCUT2D eigenvalue weighted by Crippen LogP contribution is -2.32. The summed E-state index contributed by atoms with van der Waals surface area (Å²) in [5.74, 6) is -0.155. The van der Waals surface area contributed by atoms with Crippen molar-refractivity contribution in [3.8, 4) is 0 Å². The number of nitrogens with zero attached hydrogens (tertiary/aromatic N) is 2. The van der Waals surface area contributed by atoms with Crippen molar-refractivity contribution in [2.24, 2.45) is 0 Å². The molecule has 7 heteroatoms. The van der Waals surface area contributed by atoms with E-state index in [1.54, 1.807) is 6.20 Å². The molecule has 1 fully saturated rings. The average molecular weight is 415 g/mol. The van der Waals surface area contributed by atoms with E-state index in [1.165, 1.54) is 19.3 Å². The highest BCUT2D eigenvalue weighted by Crippen LogP contribution is 2.36. The van der Waals surface area contributed by atoms with E-state index in [-0.39, 0.29) is 11.8 Å². The van der Waals surface area contributed by atoms with E-state index in [2.05, 4.69) is 25.5 Å². The number of anilines is 2. The van der Waals surface area contributed by atoms with Gasteiger partial charge in [0, 0.05) is 58.8 Å². The molecule has 158 valence electrons. The molecule has 4 heterocycles. The van der Waals surface area contributed by atoms with Crippen LogP contribution in [0.5, 0.6) is 0 Å². The third kappa shape index (κ3) is 4.09. The molecule has 1 aromatic carbocycles. The number of rotatable bonds is 5. The second-order valence-corrected chi connectivity index (χ2v) is 8.12. The molecule has 0 aliphatic carbocycles. The zero-order chi connectivity index (χ0) is 21.2. The van der Waals surface area contributed by atoms with Crippen LogP contribution in [-0.2, 0) is 9.59 Å². The van der Waals surface area contributed by atoms with E-state index in [4.69, 9.17) is 0 Å². The zero-order valence-electron chi connectivity index (χ0n) is 17.3. The Morgan fingerprint density at radius 2 is 2.06 bits per heavy atom. The minimum absolute atomic E-state index is 0.00367. The minimum atomic E-state index is -0.151. The number of carbonyl (C=O) groups excluding carboxylic acids is 2. The molecule has 3 aromatic rings. The molecular formula is C24H25N5O2. The van der Waals surface area contributed by atoms with Gasteiger partial charge in [-0.15, -0.1) is 0 Å². The number of fused-ring (bicyclic) bond motifs is 2. The van der Waals surface area contributed by atoms with Crippen molar-refractivity contribution in [3.05, 3.63) is 53.9 Å². The van der Waals surface area contributed by atoms with Gasteiger partial charge in [0.15, 0.2) is 0 Å². The molecule has 7 nitrogen and oxygen atoms in total. The molecule has 2 aliphatic heterocycles. The number of piperidine rings is 1. The van der Waals surface area contributed by atoms with Gasteiger partial charge < -0.3 is 20.5 Å². The van der Waals surface area contributed by atoms with Crippen LogP contribution in [0.1, 0.15) is 36.8 Å². The average Bonchev–Trinajstić information content (AvgIpc) is 3.34. The number of hydrogen-bond acceptors (Lipinski definition) is 4. The topological polar surface area (TPSA) is 90.1 Å². The molecule has 31 heavy (non-hydrogen) atoms. The van der Waals surface area contributed by atoms with Crippen LogP contribution in [0.4, 0.5) is 11.4 Å². The number of hydrogen-bond donors (Lipinski definition) is 3. The number of likely N-dealkylation sites (tertiary alicyclic amines) is 1. The van der Waals surface area contributed by atoms with Gasteiger partial charge in [0.25, 0.3) is 5.91 Å². The van der Waals surface area contributed by atoms with E-state index in [9.17, 15) is 9.59 Å². The van der Waals surface area contributed by atoms with Crippen LogP contribution in [0.3, 0.4) is 0 Å². The van der Waals surface area contributed by atoms with E-state index in [0.717, 1.165) is 47.5 Å². The molecule has 0 spiro atoms. The van der Waals surface area contributed by atoms with Crippen LogP contribution in [0.25, 0.3) is 22.7 Å². The lowest BCUT2D eigenvalue weighted by atomic mass is 10.0. The van der Waals surface area contributed by atoms with Gasteiger partial charge in [-0.05, 0) is 62.3 Å². The van der Waals surface area contributed by atoms with Gasteiger partial charge in [0.2, 0.25) is 5.91 Å². The Bertz CT molecular complexity index is 1170. The summed E-state index contributed by atoms with van der Waals surface area (Å²) in [5, 5.41) is 6.85. The first-order valence-corrected chi connectivity index (χ1v) is 10.8. The van der Waals surface area contributed by atoms with Gasteiger partial charge in [0.05, 0.1) is 0 Å². The van der Waals surface area contributed by atoms with Gasteiger partial charge in [0.1, 0.15) is 5.65 Å². The Hall–Kier alpha value is -3.45. The van der Waals surface area contributed by atoms with E-state index < -0.39 is 0 Å². The summed E-state index contributed by atoms with van der Waals surface area (Å²) < 4.78 is 0. The quantitative estimate of drug-likeness (QED) is 0.552. The number of pyridine rings is 1. The van der Waals surface area contributed by atoms with Crippen molar-refractivity contribution in [2.75, 3.05) is 30.3 Å². The van der Waals surface area contributed by atoms with Crippen LogP contribution in [0, 0.1) is 0 Å². The van der Waals surface area contributed by atoms with Crippen LogP contribution in [0.15, 0.2) is 42.7 Å². The number of aromatic nitrogens is 2. The first kappa shape index (κ1) is 19.5. The molecule has 3 N–H and O–H groups in total.